The predicted molar refractivity (Wildman–Crippen MR) is 77.5 cm³/mol. The average molecular weight is 338 g/mol. The normalized spacial score (nSPS) is 11.4. The largest absolute Gasteiger partial charge is 0.385 e. The maximum absolute atomic E-state index is 13.6. The molecule has 0 aliphatic heterocycles. The Labute approximate surface area is 127 Å². The highest BCUT2D eigenvalue weighted by atomic mass is 35.7. The SMILES string of the molecule is COCCCCCNC(=O)c1cc(S(=O)(=O)Cl)ccc1F. The summed E-state index contributed by atoms with van der Waals surface area (Å²) in [6.45, 7) is 1.03. The van der Waals surface area contributed by atoms with Crippen LogP contribution in [0.1, 0.15) is 29.6 Å². The fourth-order valence-corrected chi connectivity index (χ4v) is 2.45. The second-order valence-electron chi connectivity index (χ2n) is 4.39. The molecule has 0 atom stereocenters. The zero-order valence-electron chi connectivity index (χ0n) is 11.6. The number of methoxy groups -OCH3 is 1. The van der Waals surface area contributed by atoms with E-state index in [2.05, 4.69) is 5.32 Å². The number of carbonyl (C=O) groups is 1. The van der Waals surface area contributed by atoms with Crippen molar-refractivity contribution >= 4 is 25.6 Å². The molecule has 0 spiro atoms. The lowest BCUT2D eigenvalue weighted by molar-refractivity contribution is 0.0948. The highest BCUT2D eigenvalue weighted by Gasteiger charge is 2.17. The van der Waals surface area contributed by atoms with Crippen molar-refractivity contribution in [3.63, 3.8) is 0 Å². The number of hydrogen-bond donors (Lipinski definition) is 1. The molecule has 21 heavy (non-hydrogen) atoms. The summed E-state index contributed by atoms with van der Waals surface area (Å²) in [5.74, 6) is -1.46. The number of unbranched alkanes of at least 4 members (excludes halogenated alkanes) is 2. The lowest BCUT2D eigenvalue weighted by atomic mass is 10.2. The molecule has 1 aromatic carbocycles. The first-order valence-corrected chi connectivity index (χ1v) is 8.68. The number of nitrogens with one attached hydrogen (secondary N) is 1. The molecule has 118 valence electrons. The van der Waals surface area contributed by atoms with Crippen LogP contribution in [0.2, 0.25) is 0 Å². The lowest BCUT2D eigenvalue weighted by Crippen LogP contribution is -2.25. The quantitative estimate of drug-likeness (QED) is 0.583. The number of halogens is 2. The smallest absolute Gasteiger partial charge is 0.261 e. The van der Waals surface area contributed by atoms with Gasteiger partial charge in [0.1, 0.15) is 5.82 Å². The Morgan fingerprint density at radius 3 is 2.67 bits per heavy atom. The fourth-order valence-electron chi connectivity index (χ4n) is 1.68. The standard InChI is InChI=1S/C13H17ClFNO4S/c1-20-8-4-2-3-7-16-13(17)11-9-10(21(14,18)19)5-6-12(11)15/h5-6,9H,2-4,7-8H2,1H3,(H,16,17). The summed E-state index contributed by atoms with van der Waals surface area (Å²) in [5, 5.41) is 2.54. The van der Waals surface area contributed by atoms with Crippen LogP contribution in [0.5, 0.6) is 0 Å². The van der Waals surface area contributed by atoms with E-state index in [0.29, 0.717) is 13.2 Å². The van der Waals surface area contributed by atoms with Crippen molar-refractivity contribution < 1.29 is 22.3 Å². The summed E-state index contributed by atoms with van der Waals surface area (Å²) in [6, 6.07) is 2.85. The van der Waals surface area contributed by atoms with E-state index in [-0.39, 0.29) is 10.5 Å². The second-order valence-corrected chi connectivity index (χ2v) is 6.95. The van der Waals surface area contributed by atoms with Gasteiger partial charge in [-0.15, -0.1) is 0 Å². The molecule has 0 unspecified atom stereocenters. The number of amides is 1. The van der Waals surface area contributed by atoms with Gasteiger partial charge in [0.15, 0.2) is 0 Å². The minimum absolute atomic E-state index is 0.309. The number of hydrogen-bond acceptors (Lipinski definition) is 4. The molecule has 8 heteroatoms. The highest BCUT2D eigenvalue weighted by Crippen LogP contribution is 2.18. The van der Waals surface area contributed by atoms with Crippen LogP contribution in [-0.2, 0) is 13.8 Å². The third-order valence-electron chi connectivity index (χ3n) is 2.77. The van der Waals surface area contributed by atoms with E-state index in [0.717, 1.165) is 37.5 Å². The number of carbonyl (C=O) groups excluding carboxylic acids is 1. The van der Waals surface area contributed by atoms with Gasteiger partial charge in [0.2, 0.25) is 0 Å². The molecule has 0 radical (unpaired) electrons. The summed E-state index contributed by atoms with van der Waals surface area (Å²) < 4.78 is 40.8. The number of ether oxygens (including phenoxy) is 1. The van der Waals surface area contributed by atoms with E-state index < -0.39 is 20.8 Å². The molecule has 0 fully saturated rings. The Kier molecular flexibility index (Phi) is 7.07. The summed E-state index contributed by atoms with van der Waals surface area (Å²) in [6.07, 6.45) is 2.47. The van der Waals surface area contributed by atoms with Crippen molar-refractivity contribution in [1.29, 1.82) is 0 Å². The molecule has 1 rings (SSSR count). The van der Waals surface area contributed by atoms with Gasteiger partial charge in [0.25, 0.3) is 15.0 Å². The van der Waals surface area contributed by atoms with E-state index in [1.54, 1.807) is 7.11 Å². The van der Waals surface area contributed by atoms with E-state index in [9.17, 15) is 17.6 Å². The summed E-state index contributed by atoms with van der Waals surface area (Å²) in [5.41, 5.74) is -0.339. The first-order valence-electron chi connectivity index (χ1n) is 6.37. The van der Waals surface area contributed by atoms with Gasteiger partial charge in [-0.1, -0.05) is 0 Å². The third kappa shape index (κ3) is 5.99. The predicted octanol–water partition coefficient (Wildman–Crippen LogP) is 2.30. The zero-order chi connectivity index (χ0) is 15.9. The van der Waals surface area contributed by atoms with Crippen molar-refractivity contribution in [2.45, 2.75) is 24.2 Å². The molecule has 0 saturated heterocycles. The van der Waals surface area contributed by atoms with Gasteiger partial charge in [-0.05, 0) is 37.5 Å². The number of benzene rings is 1. The van der Waals surface area contributed by atoms with Gasteiger partial charge in [-0.2, -0.15) is 0 Å². The van der Waals surface area contributed by atoms with Crippen molar-refractivity contribution in [3.8, 4) is 0 Å². The van der Waals surface area contributed by atoms with Gasteiger partial charge < -0.3 is 10.1 Å². The van der Waals surface area contributed by atoms with E-state index in [1.807, 2.05) is 0 Å². The Bertz CT molecular complexity index is 592. The van der Waals surface area contributed by atoms with Crippen molar-refractivity contribution in [3.05, 3.63) is 29.6 Å². The molecule has 0 aromatic heterocycles. The molecule has 1 amide bonds. The summed E-state index contributed by atoms with van der Waals surface area (Å²) in [7, 11) is 2.78. The Morgan fingerprint density at radius 1 is 1.33 bits per heavy atom. The molecule has 5 nitrogen and oxygen atoms in total. The minimum Gasteiger partial charge on any atom is -0.385 e. The molecule has 1 N–H and O–H groups in total. The van der Waals surface area contributed by atoms with Crippen LogP contribution in [0.3, 0.4) is 0 Å². The Hall–Kier alpha value is -1.18. The van der Waals surface area contributed by atoms with E-state index in [1.165, 1.54) is 0 Å². The Balaban J connectivity index is 2.62. The van der Waals surface area contributed by atoms with E-state index >= 15 is 0 Å². The number of rotatable bonds is 8. The van der Waals surface area contributed by atoms with Gasteiger partial charge in [-0.25, -0.2) is 12.8 Å². The third-order valence-corrected chi connectivity index (χ3v) is 4.13. The van der Waals surface area contributed by atoms with Crippen molar-refractivity contribution in [1.82, 2.24) is 5.32 Å². The molecular formula is C13H17ClFNO4S. The van der Waals surface area contributed by atoms with Crippen LogP contribution in [0.25, 0.3) is 0 Å². The van der Waals surface area contributed by atoms with E-state index in [4.69, 9.17) is 15.4 Å². The lowest BCUT2D eigenvalue weighted by Gasteiger charge is -2.07. The first-order chi connectivity index (χ1) is 9.86. The van der Waals surface area contributed by atoms with Gasteiger partial charge in [0.05, 0.1) is 10.5 Å². The molecule has 0 heterocycles. The maximum Gasteiger partial charge on any atom is 0.261 e. The molecule has 0 saturated carbocycles. The molecule has 0 aliphatic rings. The second kappa shape index (κ2) is 8.31. The topological polar surface area (TPSA) is 72.5 Å². The van der Waals surface area contributed by atoms with Crippen LogP contribution in [0, 0.1) is 5.82 Å². The summed E-state index contributed by atoms with van der Waals surface area (Å²) in [4.78, 5) is 11.5. The minimum atomic E-state index is -4.00. The monoisotopic (exact) mass is 337 g/mol. The molecule has 1 aromatic rings. The molecule has 0 aliphatic carbocycles. The summed E-state index contributed by atoms with van der Waals surface area (Å²) >= 11 is 0. The van der Waals surface area contributed by atoms with Crippen LogP contribution in [0.4, 0.5) is 4.39 Å². The van der Waals surface area contributed by atoms with Gasteiger partial charge >= 0.3 is 0 Å². The van der Waals surface area contributed by atoms with Crippen LogP contribution >= 0.6 is 10.7 Å². The zero-order valence-corrected chi connectivity index (χ0v) is 13.1. The fraction of sp³-hybridized carbons (Fsp3) is 0.462. The molecular weight excluding hydrogens is 321 g/mol. The average Bonchev–Trinajstić information content (AvgIpc) is 2.41. The highest BCUT2D eigenvalue weighted by molar-refractivity contribution is 8.13. The van der Waals surface area contributed by atoms with Crippen molar-refractivity contribution in [2.75, 3.05) is 20.3 Å². The van der Waals surface area contributed by atoms with Crippen LogP contribution in [-0.4, -0.2) is 34.6 Å². The maximum atomic E-state index is 13.6. The van der Waals surface area contributed by atoms with Crippen LogP contribution < -0.4 is 5.32 Å². The molecule has 0 bridgehead atoms. The van der Waals surface area contributed by atoms with Crippen molar-refractivity contribution in [2.24, 2.45) is 0 Å². The van der Waals surface area contributed by atoms with Crippen LogP contribution in [0.15, 0.2) is 23.1 Å². The van der Waals surface area contributed by atoms with Gasteiger partial charge in [-0.3, -0.25) is 4.79 Å². The first kappa shape index (κ1) is 17.9. The Morgan fingerprint density at radius 2 is 2.05 bits per heavy atom. The van der Waals surface area contributed by atoms with Gasteiger partial charge in [0, 0.05) is 30.9 Å².